The van der Waals surface area contributed by atoms with Gasteiger partial charge in [0.1, 0.15) is 11.4 Å². The average Bonchev–Trinajstić information content (AvgIpc) is 2.90. The van der Waals surface area contributed by atoms with Crippen LogP contribution in [-0.2, 0) is 16.0 Å². The number of ether oxygens (including phenoxy) is 2. The Bertz CT molecular complexity index is 751. The third kappa shape index (κ3) is 3.58. The smallest absolute Gasteiger partial charge is 0.407 e. The molecule has 0 aliphatic carbocycles. The Morgan fingerprint density at radius 2 is 2.12 bits per heavy atom. The lowest BCUT2D eigenvalue weighted by Gasteiger charge is -2.36. The molecular weight excluding hydrogens is 314 g/mol. The van der Waals surface area contributed by atoms with Crippen molar-refractivity contribution >= 4 is 17.7 Å². The van der Waals surface area contributed by atoms with E-state index in [0.29, 0.717) is 31.4 Å². The highest BCUT2D eigenvalue weighted by atomic mass is 16.6. The number of nitrogens with zero attached hydrogens (tertiary/aromatic N) is 3. The fraction of sp³-hybridized carbons (Fsp3) is 0.438. The summed E-state index contributed by atoms with van der Waals surface area (Å²) in [6, 6.07) is 3.56. The van der Waals surface area contributed by atoms with E-state index < -0.39 is 12.1 Å². The Hall–Kier alpha value is -2.77. The monoisotopic (exact) mass is 333 g/mol. The summed E-state index contributed by atoms with van der Waals surface area (Å²) >= 11 is 0. The van der Waals surface area contributed by atoms with E-state index in [4.69, 9.17) is 14.6 Å². The Balaban J connectivity index is 1.60. The molecule has 0 aromatic carbocycles. The summed E-state index contributed by atoms with van der Waals surface area (Å²) in [4.78, 5) is 28.0. The Kier molecular flexibility index (Phi) is 4.54. The molecule has 1 saturated heterocycles. The molecule has 24 heavy (non-hydrogen) atoms. The molecule has 3 heterocycles. The van der Waals surface area contributed by atoms with Crippen LogP contribution in [0.15, 0.2) is 24.5 Å². The second-order valence-electron chi connectivity index (χ2n) is 5.71. The van der Waals surface area contributed by atoms with Crippen molar-refractivity contribution in [2.45, 2.75) is 13.3 Å². The molecule has 0 spiro atoms. The number of amides is 1. The van der Waals surface area contributed by atoms with E-state index in [1.807, 2.05) is 16.7 Å². The summed E-state index contributed by atoms with van der Waals surface area (Å²) in [5, 5.41) is 8.84. The molecule has 0 radical (unpaired) electrons. The van der Waals surface area contributed by atoms with Crippen LogP contribution in [-0.4, -0.2) is 57.8 Å². The van der Waals surface area contributed by atoms with Crippen LogP contribution in [0.4, 0.5) is 4.79 Å². The predicted molar refractivity (Wildman–Crippen MR) is 84.1 cm³/mol. The number of hydrogen-bond acceptors (Lipinski definition) is 5. The van der Waals surface area contributed by atoms with Crippen LogP contribution >= 0.6 is 0 Å². The van der Waals surface area contributed by atoms with E-state index in [-0.39, 0.29) is 6.61 Å². The van der Waals surface area contributed by atoms with Crippen molar-refractivity contribution in [3.63, 3.8) is 0 Å². The normalized spacial score (nSPS) is 14.5. The number of likely N-dealkylation sites (tertiary alicyclic amines) is 1. The van der Waals surface area contributed by atoms with Gasteiger partial charge in [-0.05, 0) is 31.4 Å². The molecule has 8 heteroatoms. The molecule has 1 N–H and O–H groups in total. The Morgan fingerprint density at radius 3 is 2.83 bits per heavy atom. The first-order valence-electron chi connectivity index (χ1n) is 7.79. The van der Waals surface area contributed by atoms with E-state index in [0.717, 1.165) is 17.8 Å². The third-order valence-corrected chi connectivity index (χ3v) is 3.86. The minimum Gasteiger partial charge on any atom is -0.480 e. The maximum atomic E-state index is 11.3. The SMILES string of the molecule is CCOC(=O)COc1ccc2nc(CC3CN(C(=O)O)C3)cn2c1. The summed E-state index contributed by atoms with van der Waals surface area (Å²) in [5.41, 5.74) is 1.69. The number of carbonyl (C=O) groups excluding carboxylic acids is 1. The molecule has 0 bridgehead atoms. The summed E-state index contributed by atoms with van der Waals surface area (Å²) in [7, 11) is 0. The van der Waals surface area contributed by atoms with Gasteiger partial charge in [-0.15, -0.1) is 0 Å². The molecule has 2 aromatic rings. The van der Waals surface area contributed by atoms with E-state index in [9.17, 15) is 9.59 Å². The number of rotatable bonds is 6. The van der Waals surface area contributed by atoms with Crippen LogP contribution in [0.2, 0.25) is 0 Å². The molecule has 128 valence electrons. The molecule has 8 nitrogen and oxygen atoms in total. The summed E-state index contributed by atoms with van der Waals surface area (Å²) in [6.45, 7) is 3.05. The van der Waals surface area contributed by atoms with Gasteiger partial charge >= 0.3 is 12.1 Å². The number of hydrogen-bond donors (Lipinski definition) is 1. The van der Waals surface area contributed by atoms with Gasteiger partial charge in [0, 0.05) is 19.3 Å². The predicted octanol–water partition coefficient (Wildman–Crippen LogP) is 1.43. The molecule has 0 atom stereocenters. The lowest BCUT2D eigenvalue weighted by atomic mass is 9.95. The van der Waals surface area contributed by atoms with Gasteiger partial charge in [0.15, 0.2) is 6.61 Å². The number of carbonyl (C=O) groups is 2. The third-order valence-electron chi connectivity index (χ3n) is 3.86. The highest BCUT2D eigenvalue weighted by Gasteiger charge is 2.30. The minimum atomic E-state index is -0.871. The highest BCUT2D eigenvalue weighted by molar-refractivity contribution is 5.71. The van der Waals surface area contributed by atoms with Gasteiger partial charge in [-0.25, -0.2) is 14.6 Å². The second kappa shape index (κ2) is 6.77. The fourth-order valence-corrected chi connectivity index (χ4v) is 2.70. The first-order valence-corrected chi connectivity index (χ1v) is 7.79. The topological polar surface area (TPSA) is 93.4 Å². The van der Waals surface area contributed by atoms with Crippen LogP contribution < -0.4 is 4.74 Å². The molecule has 1 aliphatic rings. The van der Waals surface area contributed by atoms with Crippen molar-refractivity contribution in [1.29, 1.82) is 0 Å². The van der Waals surface area contributed by atoms with Gasteiger partial charge in [-0.1, -0.05) is 0 Å². The molecule has 1 amide bonds. The molecule has 1 fully saturated rings. The van der Waals surface area contributed by atoms with E-state index >= 15 is 0 Å². The number of imidazole rings is 1. The molecular formula is C16H19N3O5. The van der Waals surface area contributed by atoms with Crippen LogP contribution in [0.3, 0.4) is 0 Å². The molecule has 3 rings (SSSR count). The van der Waals surface area contributed by atoms with Crippen molar-refractivity contribution < 1.29 is 24.2 Å². The molecule has 1 aliphatic heterocycles. The average molecular weight is 333 g/mol. The number of esters is 1. The standard InChI is InChI=1S/C16H19N3O5/c1-2-23-15(20)10-24-13-3-4-14-17-12(8-18(14)9-13)5-11-6-19(7-11)16(21)22/h3-4,8-9,11H,2,5-7,10H2,1H3,(H,21,22). The highest BCUT2D eigenvalue weighted by Crippen LogP contribution is 2.21. The van der Waals surface area contributed by atoms with Crippen LogP contribution in [0.1, 0.15) is 12.6 Å². The maximum absolute atomic E-state index is 11.3. The fourth-order valence-electron chi connectivity index (χ4n) is 2.70. The van der Waals surface area contributed by atoms with Gasteiger partial charge in [0.25, 0.3) is 0 Å². The summed E-state index contributed by atoms with van der Waals surface area (Å²) < 4.78 is 12.0. The summed E-state index contributed by atoms with van der Waals surface area (Å²) in [5.74, 6) is 0.461. The minimum absolute atomic E-state index is 0.131. The van der Waals surface area contributed by atoms with Crippen molar-refractivity contribution in [2.24, 2.45) is 5.92 Å². The van der Waals surface area contributed by atoms with Crippen LogP contribution in [0.5, 0.6) is 5.75 Å². The zero-order chi connectivity index (χ0) is 17.1. The lowest BCUT2D eigenvalue weighted by molar-refractivity contribution is -0.145. The number of aromatic nitrogens is 2. The van der Waals surface area contributed by atoms with Crippen molar-refractivity contribution in [2.75, 3.05) is 26.3 Å². The van der Waals surface area contributed by atoms with Crippen LogP contribution in [0.25, 0.3) is 5.65 Å². The Morgan fingerprint density at radius 1 is 1.33 bits per heavy atom. The largest absolute Gasteiger partial charge is 0.480 e. The Labute approximate surface area is 138 Å². The van der Waals surface area contributed by atoms with Crippen molar-refractivity contribution in [3.8, 4) is 5.75 Å². The van der Waals surface area contributed by atoms with Gasteiger partial charge in [-0.2, -0.15) is 0 Å². The number of pyridine rings is 1. The molecule has 0 saturated carbocycles. The zero-order valence-corrected chi connectivity index (χ0v) is 13.3. The molecule has 0 unspecified atom stereocenters. The van der Waals surface area contributed by atoms with E-state index in [1.165, 1.54) is 4.90 Å². The quantitative estimate of drug-likeness (QED) is 0.804. The van der Waals surface area contributed by atoms with Gasteiger partial charge in [0.05, 0.1) is 18.5 Å². The van der Waals surface area contributed by atoms with Crippen LogP contribution in [0, 0.1) is 5.92 Å². The van der Waals surface area contributed by atoms with E-state index in [1.54, 1.807) is 19.2 Å². The first kappa shape index (κ1) is 16.1. The van der Waals surface area contributed by atoms with Gasteiger partial charge < -0.3 is 23.9 Å². The first-order chi connectivity index (χ1) is 11.5. The molecule has 2 aromatic heterocycles. The number of carboxylic acid groups (broad SMARTS) is 1. The number of fused-ring (bicyclic) bond motifs is 1. The van der Waals surface area contributed by atoms with Gasteiger partial charge in [-0.3, -0.25) is 0 Å². The van der Waals surface area contributed by atoms with Gasteiger partial charge in [0.2, 0.25) is 0 Å². The van der Waals surface area contributed by atoms with Crippen molar-refractivity contribution in [1.82, 2.24) is 14.3 Å². The second-order valence-corrected chi connectivity index (χ2v) is 5.71. The lowest BCUT2D eigenvalue weighted by Crippen LogP contribution is -2.50. The van der Waals surface area contributed by atoms with Crippen molar-refractivity contribution in [3.05, 3.63) is 30.2 Å². The van der Waals surface area contributed by atoms with E-state index in [2.05, 4.69) is 4.98 Å². The maximum Gasteiger partial charge on any atom is 0.407 e. The zero-order valence-electron chi connectivity index (χ0n) is 13.3. The summed E-state index contributed by atoms with van der Waals surface area (Å²) in [6.07, 6.45) is 3.53.